The minimum Gasteiger partial charge on any atom is -0.300 e. The molecule has 0 spiro atoms. The largest absolute Gasteiger partial charge is 0.300 e. The van der Waals surface area contributed by atoms with Crippen LogP contribution >= 0.6 is 0 Å². The molecular weight excluding hydrogens is 162 g/mol. The van der Waals surface area contributed by atoms with E-state index in [4.69, 9.17) is 5.26 Å². The third-order valence-electron chi connectivity index (χ3n) is 4.46. The summed E-state index contributed by atoms with van der Waals surface area (Å²) in [5.74, 6) is 3.58. The second-order valence-corrected chi connectivity index (χ2v) is 4.92. The zero-order valence-electron chi connectivity index (χ0n) is 7.73. The number of hydrogen-bond donors (Lipinski definition) is 0. The van der Waals surface area contributed by atoms with Crippen LogP contribution in [-0.4, -0.2) is 5.78 Å². The summed E-state index contributed by atoms with van der Waals surface area (Å²) in [4.78, 5) is 11.3. The van der Waals surface area contributed by atoms with Crippen LogP contribution in [0.25, 0.3) is 0 Å². The summed E-state index contributed by atoms with van der Waals surface area (Å²) < 4.78 is 0. The van der Waals surface area contributed by atoms with Gasteiger partial charge in [0.1, 0.15) is 5.78 Å². The van der Waals surface area contributed by atoms with Crippen LogP contribution in [0.1, 0.15) is 19.8 Å². The van der Waals surface area contributed by atoms with Crippen LogP contribution in [0, 0.1) is 46.8 Å². The first-order valence-electron chi connectivity index (χ1n) is 5.14. The minimum atomic E-state index is 0.274. The van der Waals surface area contributed by atoms with Crippen molar-refractivity contribution < 1.29 is 4.79 Å². The fraction of sp³-hybridized carbons (Fsp3) is 0.818. The summed E-state index contributed by atoms with van der Waals surface area (Å²) in [6, 6.07) is 2.40. The molecule has 13 heavy (non-hydrogen) atoms. The first-order valence-corrected chi connectivity index (χ1v) is 5.14. The van der Waals surface area contributed by atoms with Gasteiger partial charge in [0, 0.05) is 11.8 Å². The van der Waals surface area contributed by atoms with E-state index in [0.717, 1.165) is 6.42 Å². The van der Waals surface area contributed by atoms with E-state index in [0.29, 0.717) is 35.4 Å². The van der Waals surface area contributed by atoms with E-state index < -0.39 is 0 Å². The highest BCUT2D eigenvalue weighted by atomic mass is 16.1. The van der Waals surface area contributed by atoms with Crippen LogP contribution in [0.15, 0.2) is 0 Å². The summed E-state index contributed by atoms with van der Waals surface area (Å²) in [6.07, 6.45) is 2.31. The average Bonchev–Trinajstić information content (AvgIpc) is 2.61. The maximum atomic E-state index is 11.3. The molecule has 0 amide bonds. The smallest absolute Gasteiger partial charge is 0.133 e. The van der Waals surface area contributed by atoms with E-state index in [9.17, 15) is 4.79 Å². The van der Waals surface area contributed by atoms with Gasteiger partial charge in [-0.15, -0.1) is 0 Å². The molecular formula is C11H13NO. The first kappa shape index (κ1) is 7.55. The highest BCUT2D eigenvalue weighted by Crippen LogP contribution is 2.70. The van der Waals surface area contributed by atoms with Crippen molar-refractivity contribution in [1.82, 2.24) is 0 Å². The summed E-state index contributed by atoms with van der Waals surface area (Å²) in [5, 5.41) is 8.91. The molecule has 2 unspecified atom stereocenters. The maximum Gasteiger partial charge on any atom is 0.133 e. The Labute approximate surface area is 77.9 Å². The summed E-state index contributed by atoms with van der Waals surface area (Å²) >= 11 is 0. The Morgan fingerprint density at radius 3 is 2.77 bits per heavy atom. The Morgan fingerprint density at radius 1 is 1.38 bits per heavy atom. The standard InChI is InChI=1S/C11H13NO/c1-5(13)9-10-6-2-7(4-12)8(3-6)11(9)10/h6-11H,2-3H2,1H3/t6-,7+,8-,9+,10?,11?/m0/s1. The molecule has 2 heteroatoms. The Hall–Kier alpha value is -0.840. The zero-order chi connectivity index (χ0) is 9.16. The van der Waals surface area contributed by atoms with Crippen molar-refractivity contribution in [2.75, 3.05) is 0 Å². The topological polar surface area (TPSA) is 40.9 Å². The molecule has 3 aliphatic carbocycles. The summed E-state index contributed by atoms with van der Waals surface area (Å²) in [7, 11) is 0. The Kier molecular flexibility index (Phi) is 1.25. The van der Waals surface area contributed by atoms with Gasteiger partial charge in [-0.2, -0.15) is 5.26 Å². The molecule has 6 atom stereocenters. The fourth-order valence-electron chi connectivity index (χ4n) is 4.06. The second kappa shape index (κ2) is 2.15. The normalized spacial score (nSPS) is 55.7. The number of nitrogens with zero attached hydrogens (tertiary/aromatic N) is 1. The van der Waals surface area contributed by atoms with Crippen molar-refractivity contribution in [3.63, 3.8) is 0 Å². The van der Waals surface area contributed by atoms with Crippen molar-refractivity contribution in [1.29, 1.82) is 5.26 Å². The molecule has 0 N–H and O–H groups in total. The van der Waals surface area contributed by atoms with Crippen molar-refractivity contribution in [3.8, 4) is 6.07 Å². The van der Waals surface area contributed by atoms with Gasteiger partial charge in [0.05, 0.1) is 6.07 Å². The van der Waals surface area contributed by atoms with Crippen molar-refractivity contribution in [2.45, 2.75) is 19.8 Å². The van der Waals surface area contributed by atoms with Gasteiger partial charge in [0.15, 0.2) is 0 Å². The minimum absolute atomic E-state index is 0.274. The van der Waals surface area contributed by atoms with E-state index >= 15 is 0 Å². The Morgan fingerprint density at radius 2 is 2.15 bits per heavy atom. The first-order chi connectivity index (χ1) is 6.24. The number of rotatable bonds is 1. The van der Waals surface area contributed by atoms with E-state index in [1.165, 1.54) is 6.42 Å². The molecule has 0 aliphatic heterocycles. The van der Waals surface area contributed by atoms with Gasteiger partial charge < -0.3 is 0 Å². The van der Waals surface area contributed by atoms with Gasteiger partial charge in [-0.05, 0) is 43.4 Å². The van der Waals surface area contributed by atoms with Gasteiger partial charge >= 0.3 is 0 Å². The van der Waals surface area contributed by atoms with Gasteiger partial charge in [-0.1, -0.05) is 0 Å². The molecule has 0 saturated heterocycles. The number of carbonyl (C=O) groups excluding carboxylic acids is 1. The average molecular weight is 175 g/mol. The van der Waals surface area contributed by atoms with Crippen LogP contribution in [0.3, 0.4) is 0 Å². The molecule has 0 heterocycles. The molecule has 0 radical (unpaired) electrons. The Bertz CT molecular complexity index is 317. The molecule has 0 aromatic carbocycles. The van der Waals surface area contributed by atoms with Crippen molar-refractivity contribution >= 4 is 5.78 Å². The van der Waals surface area contributed by atoms with E-state index in [1.54, 1.807) is 6.92 Å². The van der Waals surface area contributed by atoms with Gasteiger partial charge in [-0.25, -0.2) is 0 Å². The van der Waals surface area contributed by atoms with Gasteiger partial charge in [0.2, 0.25) is 0 Å². The van der Waals surface area contributed by atoms with E-state index in [-0.39, 0.29) is 5.92 Å². The maximum absolute atomic E-state index is 11.3. The molecule has 0 aromatic heterocycles. The lowest BCUT2D eigenvalue weighted by Gasteiger charge is -2.12. The molecule has 68 valence electrons. The lowest BCUT2D eigenvalue weighted by molar-refractivity contribution is -0.119. The highest BCUT2D eigenvalue weighted by molar-refractivity contribution is 5.82. The number of fused-ring (bicyclic) bond motifs is 5. The highest BCUT2D eigenvalue weighted by Gasteiger charge is 2.69. The number of hydrogen-bond acceptors (Lipinski definition) is 2. The third kappa shape index (κ3) is 0.757. The molecule has 3 rings (SSSR count). The fourth-order valence-corrected chi connectivity index (χ4v) is 4.06. The lowest BCUT2D eigenvalue weighted by Crippen LogP contribution is -2.11. The number of nitriles is 1. The van der Waals surface area contributed by atoms with Crippen molar-refractivity contribution in [2.24, 2.45) is 35.5 Å². The molecule has 3 fully saturated rings. The van der Waals surface area contributed by atoms with Crippen molar-refractivity contribution in [3.05, 3.63) is 0 Å². The lowest BCUT2D eigenvalue weighted by atomic mass is 9.90. The summed E-state index contributed by atoms with van der Waals surface area (Å²) in [6.45, 7) is 1.71. The van der Waals surface area contributed by atoms with Crippen LogP contribution in [0.2, 0.25) is 0 Å². The van der Waals surface area contributed by atoms with Crippen LogP contribution in [0.4, 0.5) is 0 Å². The molecule has 0 aromatic rings. The predicted octanol–water partition coefficient (Wildman–Crippen LogP) is 1.62. The SMILES string of the molecule is CC(=O)[C@@H]1C2C1[C@H]1C[C@@H]2C[C@@H]1C#N. The monoisotopic (exact) mass is 175 g/mol. The Balaban J connectivity index is 1.85. The molecule has 3 aliphatic rings. The molecule has 2 bridgehead atoms. The second-order valence-electron chi connectivity index (χ2n) is 4.92. The van der Waals surface area contributed by atoms with Gasteiger partial charge in [0.25, 0.3) is 0 Å². The van der Waals surface area contributed by atoms with Crippen LogP contribution < -0.4 is 0 Å². The predicted molar refractivity (Wildman–Crippen MR) is 46.5 cm³/mol. The zero-order valence-corrected chi connectivity index (χ0v) is 7.73. The van der Waals surface area contributed by atoms with Crippen LogP contribution in [-0.2, 0) is 4.79 Å². The number of carbonyl (C=O) groups is 1. The molecule has 2 nitrogen and oxygen atoms in total. The quantitative estimate of drug-likeness (QED) is 0.607. The van der Waals surface area contributed by atoms with Crippen LogP contribution in [0.5, 0.6) is 0 Å². The van der Waals surface area contributed by atoms with E-state index in [2.05, 4.69) is 6.07 Å². The third-order valence-corrected chi connectivity index (χ3v) is 4.46. The molecule has 3 saturated carbocycles. The van der Waals surface area contributed by atoms with Gasteiger partial charge in [-0.3, -0.25) is 4.79 Å². The van der Waals surface area contributed by atoms with E-state index in [1.807, 2.05) is 0 Å². The summed E-state index contributed by atoms with van der Waals surface area (Å²) in [5.41, 5.74) is 0. The number of ketones is 1. The number of Topliss-reactive ketones (excluding diaryl/α,β-unsaturated/α-hetero) is 1.